The summed E-state index contributed by atoms with van der Waals surface area (Å²) < 4.78 is 43.4. The first-order valence-corrected chi connectivity index (χ1v) is 5.34. The summed E-state index contributed by atoms with van der Waals surface area (Å²) in [7, 11) is 1.29. The minimum atomic E-state index is -5.06. The molecule has 7 heteroatoms. The highest BCUT2D eigenvalue weighted by atomic mass is 19.4. The summed E-state index contributed by atoms with van der Waals surface area (Å²) in [6, 6.07) is 4.55. The summed E-state index contributed by atoms with van der Waals surface area (Å²) in [6.45, 7) is 1.68. The maximum absolute atomic E-state index is 12.8. The van der Waals surface area contributed by atoms with Gasteiger partial charge in [0.25, 0.3) is 0 Å². The predicted octanol–water partition coefficient (Wildman–Crippen LogP) is 1.89. The molecule has 1 aromatic rings. The molecule has 106 valence electrons. The number of benzene rings is 1. The Morgan fingerprint density at radius 2 is 2.00 bits per heavy atom. The third kappa shape index (κ3) is 2.98. The SMILES string of the molecule is COc1ccc(C)cc1CC(N)(C(=O)O)C(F)(F)F. The van der Waals surface area contributed by atoms with Crippen LogP contribution >= 0.6 is 0 Å². The van der Waals surface area contributed by atoms with Crippen LogP contribution in [0.25, 0.3) is 0 Å². The lowest BCUT2D eigenvalue weighted by Gasteiger charge is -2.28. The summed E-state index contributed by atoms with van der Waals surface area (Å²) in [6.07, 6.45) is -5.95. The topological polar surface area (TPSA) is 72.5 Å². The molecule has 0 amide bonds. The van der Waals surface area contributed by atoms with E-state index in [1.165, 1.54) is 19.2 Å². The Bertz CT molecular complexity index is 488. The third-order valence-corrected chi connectivity index (χ3v) is 2.79. The van der Waals surface area contributed by atoms with E-state index in [2.05, 4.69) is 0 Å². The van der Waals surface area contributed by atoms with Crippen molar-refractivity contribution in [1.29, 1.82) is 0 Å². The molecule has 1 rings (SSSR count). The molecule has 0 aromatic heterocycles. The molecule has 1 unspecified atom stereocenters. The fraction of sp³-hybridized carbons (Fsp3) is 0.417. The second-order valence-electron chi connectivity index (χ2n) is 4.27. The maximum Gasteiger partial charge on any atom is 0.417 e. The van der Waals surface area contributed by atoms with Gasteiger partial charge in [-0.05, 0) is 18.6 Å². The zero-order valence-corrected chi connectivity index (χ0v) is 10.4. The van der Waals surface area contributed by atoms with Crippen molar-refractivity contribution in [2.24, 2.45) is 5.73 Å². The number of carboxylic acids is 1. The van der Waals surface area contributed by atoms with Crippen molar-refractivity contribution in [2.45, 2.75) is 25.1 Å². The Morgan fingerprint density at radius 1 is 1.42 bits per heavy atom. The monoisotopic (exact) mass is 277 g/mol. The van der Waals surface area contributed by atoms with Gasteiger partial charge in [0.15, 0.2) is 0 Å². The van der Waals surface area contributed by atoms with Gasteiger partial charge in [0.05, 0.1) is 7.11 Å². The highest BCUT2D eigenvalue weighted by molar-refractivity contribution is 5.80. The number of carbonyl (C=O) groups is 1. The molecular formula is C12H14F3NO3. The number of carboxylic acid groups (broad SMARTS) is 1. The lowest BCUT2D eigenvalue weighted by Crippen LogP contribution is -2.61. The Labute approximate surface area is 108 Å². The van der Waals surface area contributed by atoms with Crippen molar-refractivity contribution < 1.29 is 27.8 Å². The number of methoxy groups -OCH3 is 1. The van der Waals surface area contributed by atoms with Crippen molar-refractivity contribution in [3.63, 3.8) is 0 Å². The molecule has 0 bridgehead atoms. The van der Waals surface area contributed by atoms with Crippen molar-refractivity contribution in [3.05, 3.63) is 29.3 Å². The molecule has 0 fully saturated rings. The molecule has 0 heterocycles. The highest BCUT2D eigenvalue weighted by Gasteiger charge is 2.58. The van der Waals surface area contributed by atoms with Crippen LogP contribution < -0.4 is 10.5 Å². The number of alkyl halides is 3. The smallest absolute Gasteiger partial charge is 0.417 e. The molecule has 19 heavy (non-hydrogen) atoms. The van der Waals surface area contributed by atoms with Crippen LogP contribution in [0.15, 0.2) is 18.2 Å². The second-order valence-corrected chi connectivity index (χ2v) is 4.27. The van der Waals surface area contributed by atoms with E-state index in [4.69, 9.17) is 15.6 Å². The fourth-order valence-electron chi connectivity index (χ4n) is 1.64. The van der Waals surface area contributed by atoms with E-state index in [0.29, 0.717) is 5.56 Å². The zero-order chi connectivity index (χ0) is 14.8. The molecular weight excluding hydrogens is 263 g/mol. The number of hydrogen-bond acceptors (Lipinski definition) is 3. The van der Waals surface area contributed by atoms with Crippen LogP contribution in [0.1, 0.15) is 11.1 Å². The molecule has 0 aliphatic carbocycles. The number of halogens is 3. The first kappa shape index (κ1) is 15.3. The lowest BCUT2D eigenvalue weighted by molar-refractivity contribution is -0.201. The minimum Gasteiger partial charge on any atom is -0.496 e. The lowest BCUT2D eigenvalue weighted by atomic mass is 9.90. The molecule has 0 aliphatic rings. The van der Waals surface area contributed by atoms with Gasteiger partial charge in [0, 0.05) is 6.42 Å². The summed E-state index contributed by atoms with van der Waals surface area (Å²) >= 11 is 0. The van der Waals surface area contributed by atoms with Crippen molar-refractivity contribution in [3.8, 4) is 5.75 Å². The first-order chi connectivity index (χ1) is 8.61. The van der Waals surface area contributed by atoms with Gasteiger partial charge in [0.1, 0.15) is 5.75 Å². The van der Waals surface area contributed by atoms with E-state index >= 15 is 0 Å². The molecule has 0 radical (unpaired) electrons. The van der Waals surface area contributed by atoms with Crippen molar-refractivity contribution >= 4 is 5.97 Å². The fourth-order valence-corrected chi connectivity index (χ4v) is 1.64. The summed E-state index contributed by atoms with van der Waals surface area (Å²) in [5.74, 6) is -1.95. The van der Waals surface area contributed by atoms with E-state index in [1.807, 2.05) is 0 Å². The van der Waals surface area contributed by atoms with Gasteiger partial charge in [-0.1, -0.05) is 17.7 Å². The number of hydrogen-bond donors (Lipinski definition) is 2. The quantitative estimate of drug-likeness (QED) is 0.881. The number of ether oxygens (including phenoxy) is 1. The molecule has 0 saturated heterocycles. The minimum absolute atomic E-state index is 0.102. The molecule has 1 atom stereocenters. The van der Waals surface area contributed by atoms with Crippen LogP contribution in [0.5, 0.6) is 5.75 Å². The number of rotatable bonds is 4. The Morgan fingerprint density at radius 3 is 2.42 bits per heavy atom. The maximum atomic E-state index is 12.8. The molecule has 1 aromatic carbocycles. The van der Waals surface area contributed by atoms with Crippen LogP contribution in [0.2, 0.25) is 0 Å². The Kier molecular flexibility index (Phi) is 4.09. The van der Waals surface area contributed by atoms with Gasteiger partial charge in [-0.25, -0.2) is 4.79 Å². The number of aryl methyl sites for hydroxylation is 1. The average molecular weight is 277 g/mol. The van der Waals surface area contributed by atoms with Crippen LogP contribution in [0, 0.1) is 6.92 Å². The Balaban J connectivity index is 3.25. The van der Waals surface area contributed by atoms with Gasteiger partial charge in [-0.2, -0.15) is 13.2 Å². The van der Waals surface area contributed by atoms with E-state index in [9.17, 15) is 18.0 Å². The highest BCUT2D eigenvalue weighted by Crippen LogP contribution is 2.34. The normalized spacial score (nSPS) is 14.8. The van der Waals surface area contributed by atoms with E-state index in [1.54, 1.807) is 13.0 Å². The van der Waals surface area contributed by atoms with Crippen LogP contribution in [-0.2, 0) is 11.2 Å². The summed E-state index contributed by atoms with van der Waals surface area (Å²) in [4.78, 5) is 10.9. The van der Waals surface area contributed by atoms with Gasteiger partial charge in [0.2, 0.25) is 5.54 Å². The third-order valence-electron chi connectivity index (χ3n) is 2.79. The molecule has 4 nitrogen and oxygen atoms in total. The largest absolute Gasteiger partial charge is 0.496 e. The van der Waals surface area contributed by atoms with E-state index in [-0.39, 0.29) is 11.3 Å². The van der Waals surface area contributed by atoms with Crippen LogP contribution in [0.4, 0.5) is 13.2 Å². The summed E-state index contributed by atoms with van der Waals surface area (Å²) in [5.41, 5.74) is 2.49. The van der Waals surface area contributed by atoms with Crippen molar-refractivity contribution in [1.82, 2.24) is 0 Å². The second kappa shape index (κ2) is 5.08. The zero-order valence-electron chi connectivity index (χ0n) is 10.4. The van der Waals surface area contributed by atoms with Gasteiger partial charge in [-0.15, -0.1) is 0 Å². The van der Waals surface area contributed by atoms with Crippen LogP contribution in [-0.4, -0.2) is 29.9 Å². The average Bonchev–Trinajstić information content (AvgIpc) is 2.27. The molecule has 3 N–H and O–H groups in total. The van der Waals surface area contributed by atoms with E-state index in [0.717, 1.165) is 0 Å². The summed E-state index contributed by atoms with van der Waals surface area (Å²) in [5, 5.41) is 8.78. The molecule has 0 saturated carbocycles. The number of aliphatic carboxylic acids is 1. The van der Waals surface area contributed by atoms with Crippen LogP contribution in [0.3, 0.4) is 0 Å². The Hall–Kier alpha value is -1.76. The van der Waals surface area contributed by atoms with Gasteiger partial charge >= 0.3 is 12.1 Å². The number of nitrogens with two attached hydrogens (primary N) is 1. The molecule has 0 aliphatic heterocycles. The van der Waals surface area contributed by atoms with E-state index < -0.39 is 24.1 Å². The van der Waals surface area contributed by atoms with Gasteiger partial charge in [-0.3, -0.25) is 0 Å². The first-order valence-electron chi connectivity index (χ1n) is 5.34. The van der Waals surface area contributed by atoms with Gasteiger partial charge < -0.3 is 15.6 Å². The molecule has 0 spiro atoms. The predicted molar refractivity (Wildman–Crippen MR) is 62.0 cm³/mol. The van der Waals surface area contributed by atoms with Crippen molar-refractivity contribution in [2.75, 3.05) is 7.11 Å². The standard InChI is InChI=1S/C12H14F3NO3/c1-7-3-4-9(19-2)8(5-7)6-11(16,10(17)18)12(13,14)15/h3-5H,6,16H2,1-2H3,(H,17,18).